The van der Waals surface area contributed by atoms with Crippen LogP contribution < -0.4 is 4.72 Å². The van der Waals surface area contributed by atoms with E-state index in [0.717, 1.165) is 6.20 Å². The average Bonchev–Trinajstić information content (AvgIpc) is 2.37. The first kappa shape index (κ1) is 15.3. The number of sulfonamides is 1. The second-order valence-electron chi connectivity index (χ2n) is 4.24. The largest absolute Gasteiger partial charge is 0.478 e. The van der Waals surface area contributed by atoms with E-state index in [0.29, 0.717) is 10.6 Å². The van der Waals surface area contributed by atoms with Gasteiger partial charge in [0.05, 0.1) is 22.3 Å². The van der Waals surface area contributed by atoms with Gasteiger partial charge in [0, 0.05) is 11.2 Å². The van der Waals surface area contributed by atoms with Gasteiger partial charge in [0.25, 0.3) is 10.0 Å². The third-order valence-corrected chi connectivity index (χ3v) is 4.48. The molecule has 0 aliphatic carbocycles. The van der Waals surface area contributed by atoms with Gasteiger partial charge in [-0.25, -0.2) is 13.2 Å². The Hall–Kier alpha value is -2.12. The molecule has 0 amide bonds. The Morgan fingerprint density at radius 1 is 1.33 bits per heavy atom. The molecule has 0 saturated carbocycles. The second kappa shape index (κ2) is 5.71. The molecule has 0 atom stereocenters. The highest BCUT2D eigenvalue weighted by Crippen LogP contribution is 2.23. The van der Waals surface area contributed by atoms with Crippen LogP contribution in [0.15, 0.2) is 41.6 Å². The summed E-state index contributed by atoms with van der Waals surface area (Å²) in [7, 11) is -3.93. The van der Waals surface area contributed by atoms with Crippen LogP contribution in [0.4, 0.5) is 5.69 Å². The van der Waals surface area contributed by atoms with E-state index >= 15 is 0 Å². The van der Waals surface area contributed by atoms with Crippen LogP contribution in [-0.2, 0) is 10.0 Å². The van der Waals surface area contributed by atoms with Crippen molar-refractivity contribution in [2.24, 2.45) is 0 Å². The van der Waals surface area contributed by atoms with E-state index in [-0.39, 0.29) is 16.1 Å². The van der Waals surface area contributed by atoms with Crippen LogP contribution in [0.5, 0.6) is 0 Å². The number of carboxylic acids is 1. The number of aryl methyl sites for hydroxylation is 1. The second-order valence-corrected chi connectivity index (χ2v) is 6.33. The standard InChI is InChI=1S/C13H11ClN2O4S/c1-8-6-9(14)2-3-12(8)21(19,20)16-11-7-15-5-4-10(11)13(17)18/h2-7,16H,1H3,(H,17,18). The van der Waals surface area contributed by atoms with Crippen molar-refractivity contribution in [3.05, 3.63) is 52.8 Å². The summed E-state index contributed by atoms with van der Waals surface area (Å²) < 4.78 is 26.9. The molecular weight excluding hydrogens is 316 g/mol. The number of carboxylic acid groups (broad SMARTS) is 1. The summed E-state index contributed by atoms with van der Waals surface area (Å²) in [6.07, 6.45) is 2.42. The van der Waals surface area contributed by atoms with Gasteiger partial charge in [-0.3, -0.25) is 9.71 Å². The molecule has 0 bridgehead atoms. The number of halogens is 1. The molecule has 0 aliphatic rings. The smallest absolute Gasteiger partial charge is 0.337 e. The number of aromatic nitrogens is 1. The minimum atomic E-state index is -3.93. The first-order chi connectivity index (χ1) is 9.81. The number of nitrogens with zero attached hydrogens (tertiary/aromatic N) is 1. The quantitative estimate of drug-likeness (QED) is 0.900. The van der Waals surface area contributed by atoms with E-state index in [1.807, 2.05) is 0 Å². The SMILES string of the molecule is Cc1cc(Cl)ccc1S(=O)(=O)Nc1cnccc1C(=O)O. The molecule has 21 heavy (non-hydrogen) atoms. The van der Waals surface area contributed by atoms with Crippen molar-refractivity contribution >= 4 is 33.3 Å². The Labute approximate surface area is 126 Å². The Kier molecular flexibility index (Phi) is 4.15. The first-order valence-electron chi connectivity index (χ1n) is 5.77. The Morgan fingerprint density at radius 2 is 2.05 bits per heavy atom. The minimum Gasteiger partial charge on any atom is -0.478 e. The van der Waals surface area contributed by atoms with Crippen molar-refractivity contribution < 1.29 is 18.3 Å². The molecule has 2 rings (SSSR count). The lowest BCUT2D eigenvalue weighted by molar-refractivity contribution is 0.0698. The van der Waals surface area contributed by atoms with Gasteiger partial charge in [0.2, 0.25) is 0 Å². The molecule has 1 heterocycles. The van der Waals surface area contributed by atoms with Gasteiger partial charge in [-0.15, -0.1) is 0 Å². The number of aromatic carboxylic acids is 1. The van der Waals surface area contributed by atoms with E-state index in [2.05, 4.69) is 9.71 Å². The van der Waals surface area contributed by atoms with Crippen molar-refractivity contribution in [3.8, 4) is 0 Å². The van der Waals surface area contributed by atoms with Gasteiger partial charge in [-0.1, -0.05) is 11.6 Å². The Bertz CT molecular complexity index is 806. The number of hydrogen-bond donors (Lipinski definition) is 2. The van der Waals surface area contributed by atoms with Crippen molar-refractivity contribution in [2.45, 2.75) is 11.8 Å². The third-order valence-electron chi connectivity index (χ3n) is 2.72. The third kappa shape index (κ3) is 3.32. The summed E-state index contributed by atoms with van der Waals surface area (Å²) in [5, 5.41) is 9.46. The number of carbonyl (C=O) groups is 1. The maximum absolute atomic E-state index is 12.3. The van der Waals surface area contributed by atoms with Crippen LogP contribution in [0.25, 0.3) is 0 Å². The van der Waals surface area contributed by atoms with Crippen LogP contribution in [0.3, 0.4) is 0 Å². The molecule has 6 nitrogen and oxygen atoms in total. The predicted molar refractivity (Wildman–Crippen MR) is 78.2 cm³/mol. The maximum atomic E-state index is 12.3. The number of benzene rings is 1. The van der Waals surface area contributed by atoms with E-state index in [1.54, 1.807) is 6.92 Å². The van der Waals surface area contributed by atoms with Gasteiger partial charge in [-0.2, -0.15) is 0 Å². The molecule has 1 aromatic heterocycles. The number of pyridine rings is 1. The van der Waals surface area contributed by atoms with E-state index < -0.39 is 16.0 Å². The number of hydrogen-bond acceptors (Lipinski definition) is 4. The first-order valence-corrected chi connectivity index (χ1v) is 7.63. The van der Waals surface area contributed by atoms with Gasteiger partial charge >= 0.3 is 5.97 Å². The molecule has 2 N–H and O–H groups in total. The molecule has 0 aliphatic heterocycles. The summed E-state index contributed by atoms with van der Waals surface area (Å²) in [6, 6.07) is 5.54. The highest BCUT2D eigenvalue weighted by atomic mass is 35.5. The highest BCUT2D eigenvalue weighted by Gasteiger charge is 2.20. The number of anilines is 1. The zero-order chi connectivity index (χ0) is 15.6. The molecule has 0 unspecified atom stereocenters. The Balaban J connectivity index is 2.45. The van der Waals surface area contributed by atoms with Gasteiger partial charge in [0.15, 0.2) is 0 Å². The molecule has 1 aromatic carbocycles. The van der Waals surface area contributed by atoms with Crippen LogP contribution in [0.1, 0.15) is 15.9 Å². The molecule has 0 spiro atoms. The normalized spacial score (nSPS) is 11.1. The summed E-state index contributed by atoms with van der Waals surface area (Å²) in [6.45, 7) is 1.60. The zero-order valence-corrected chi connectivity index (χ0v) is 12.4. The van der Waals surface area contributed by atoms with Crippen molar-refractivity contribution in [1.29, 1.82) is 0 Å². The van der Waals surface area contributed by atoms with Crippen molar-refractivity contribution in [3.63, 3.8) is 0 Å². The number of rotatable bonds is 4. The molecule has 110 valence electrons. The monoisotopic (exact) mass is 326 g/mol. The summed E-state index contributed by atoms with van der Waals surface area (Å²) in [5.74, 6) is -1.25. The molecule has 0 fully saturated rings. The lowest BCUT2D eigenvalue weighted by Gasteiger charge is -2.12. The maximum Gasteiger partial charge on any atom is 0.337 e. The zero-order valence-electron chi connectivity index (χ0n) is 10.9. The van der Waals surface area contributed by atoms with E-state index in [9.17, 15) is 13.2 Å². The lowest BCUT2D eigenvalue weighted by atomic mass is 10.2. The summed E-state index contributed by atoms with van der Waals surface area (Å²) in [4.78, 5) is 14.8. The fourth-order valence-electron chi connectivity index (χ4n) is 1.78. The van der Waals surface area contributed by atoms with Gasteiger partial charge in [0.1, 0.15) is 0 Å². The van der Waals surface area contributed by atoms with Crippen LogP contribution in [0, 0.1) is 6.92 Å². The number of nitrogens with one attached hydrogen (secondary N) is 1. The fraction of sp³-hybridized carbons (Fsp3) is 0.0769. The molecule has 0 saturated heterocycles. The van der Waals surface area contributed by atoms with Crippen LogP contribution in [-0.4, -0.2) is 24.5 Å². The molecule has 0 radical (unpaired) electrons. The lowest BCUT2D eigenvalue weighted by Crippen LogP contribution is -2.16. The van der Waals surface area contributed by atoms with Gasteiger partial charge < -0.3 is 5.11 Å². The predicted octanol–water partition coefficient (Wildman–Crippen LogP) is 2.54. The highest BCUT2D eigenvalue weighted by molar-refractivity contribution is 7.92. The summed E-state index contributed by atoms with van der Waals surface area (Å²) in [5.41, 5.74) is 0.176. The van der Waals surface area contributed by atoms with Crippen molar-refractivity contribution in [1.82, 2.24) is 4.98 Å². The molecule has 2 aromatic rings. The minimum absolute atomic E-state index is 0.0205. The van der Waals surface area contributed by atoms with E-state index in [4.69, 9.17) is 16.7 Å². The molecular formula is C13H11ClN2O4S. The fourth-order valence-corrected chi connectivity index (χ4v) is 3.30. The molecule has 8 heteroatoms. The topological polar surface area (TPSA) is 96.4 Å². The van der Waals surface area contributed by atoms with Gasteiger partial charge in [-0.05, 0) is 36.8 Å². The Morgan fingerprint density at radius 3 is 2.67 bits per heavy atom. The van der Waals surface area contributed by atoms with Crippen LogP contribution >= 0.6 is 11.6 Å². The van der Waals surface area contributed by atoms with Crippen LogP contribution in [0.2, 0.25) is 5.02 Å². The van der Waals surface area contributed by atoms with Crippen molar-refractivity contribution in [2.75, 3.05) is 4.72 Å². The summed E-state index contributed by atoms with van der Waals surface area (Å²) >= 11 is 5.79. The van der Waals surface area contributed by atoms with E-state index in [1.165, 1.54) is 30.5 Å². The average molecular weight is 327 g/mol.